The predicted octanol–water partition coefficient (Wildman–Crippen LogP) is 0.839. The summed E-state index contributed by atoms with van der Waals surface area (Å²) in [4.78, 5) is 21.5. The molecule has 0 spiro atoms. The van der Waals surface area contributed by atoms with Crippen LogP contribution in [-0.4, -0.2) is 18.4 Å². The molecule has 0 atom stereocenters. The first kappa shape index (κ1) is 7.98. The summed E-state index contributed by atoms with van der Waals surface area (Å²) in [6, 6.07) is 0. The van der Waals surface area contributed by atoms with Crippen LogP contribution in [0.5, 0.6) is 0 Å². The monoisotopic (exact) mass is 154 g/mol. The standard InChI is InChI=1S/C8H10O3/c9-7-3-1-2-6-11-8(10)5-4-7/h4-5H,1-3,6H2. The first-order valence-electron chi connectivity index (χ1n) is 3.67. The highest BCUT2D eigenvalue weighted by Crippen LogP contribution is 2.01. The van der Waals surface area contributed by atoms with Gasteiger partial charge in [-0.1, -0.05) is 0 Å². The molecule has 3 heteroatoms. The molecule has 0 saturated heterocycles. The van der Waals surface area contributed by atoms with Gasteiger partial charge in [-0.25, -0.2) is 4.79 Å². The molecule has 0 radical (unpaired) electrons. The zero-order chi connectivity index (χ0) is 8.10. The van der Waals surface area contributed by atoms with E-state index < -0.39 is 5.97 Å². The third kappa shape index (κ3) is 2.98. The minimum Gasteiger partial charge on any atom is -0.463 e. The summed E-state index contributed by atoms with van der Waals surface area (Å²) < 4.78 is 4.73. The number of allylic oxidation sites excluding steroid dienone is 1. The van der Waals surface area contributed by atoms with Crippen molar-refractivity contribution in [3.63, 3.8) is 0 Å². The van der Waals surface area contributed by atoms with Gasteiger partial charge in [0.05, 0.1) is 6.61 Å². The second-order valence-corrected chi connectivity index (χ2v) is 2.42. The SMILES string of the molecule is O=C1C=CC(=O)OCCCC1. The van der Waals surface area contributed by atoms with Crippen molar-refractivity contribution in [2.75, 3.05) is 6.61 Å². The van der Waals surface area contributed by atoms with Crippen molar-refractivity contribution in [3.05, 3.63) is 12.2 Å². The molecule has 0 aromatic rings. The van der Waals surface area contributed by atoms with Crippen LogP contribution in [-0.2, 0) is 14.3 Å². The van der Waals surface area contributed by atoms with Gasteiger partial charge in [0.15, 0.2) is 5.78 Å². The van der Waals surface area contributed by atoms with Crippen LogP contribution in [0.2, 0.25) is 0 Å². The van der Waals surface area contributed by atoms with Gasteiger partial charge in [-0.15, -0.1) is 0 Å². The third-order valence-corrected chi connectivity index (χ3v) is 1.47. The average Bonchev–Trinajstić information content (AvgIpc) is 2.06. The van der Waals surface area contributed by atoms with Gasteiger partial charge in [-0.05, 0) is 18.9 Å². The normalized spacial score (nSPS) is 20.0. The molecule has 0 aromatic carbocycles. The van der Waals surface area contributed by atoms with Crippen LogP contribution in [0.25, 0.3) is 0 Å². The number of cyclic esters (lactones) is 1. The Morgan fingerprint density at radius 1 is 1.18 bits per heavy atom. The van der Waals surface area contributed by atoms with E-state index >= 15 is 0 Å². The lowest BCUT2D eigenvalue weighted by Crippen LogP contribution is -2.00. The van der Waals surface area contributed by atoms with E-state index in [4.69, 9.17) is 4.74 Å². The van der Waals surface area contributed by atoms with E-state index in [9.17, 15) is 9.59 Å². The fourth-order valence-corrected chi connectivity index (χ4v) is 0.866. The maximum atomic E-state index is 10.8. The Balaban J connectivity index is 2.53. The Kier molecular flexibility index (Phi) is 2.83. The number of hydrogen-bond donors (Lipinski definition) is 0. The molecule has 60 valence electrons. The maximum absolute atomic E-state index is 10.8. The Labute approximate surface area is 65.0 Å². The Hall–Kier alpha value is -1.12. The highest BCUT2D eigenvalue weighted by Gasteiger charge is 2.03. The largest absolute Gasteiger partial charge is 0.463 e. The summed E-state index contributed by atoms with van der Waals surface area (Å²) in [6.45, 7) is 0.427. The van der Waals surface area contributed by atoms with Gasteiger partial charge in [0.25, 0.3) is 0 Å². The molecule has 0 bridgehead atoms. The molecule has 1 aliphatic heterocycles. The van der Waals surface area contributed by atoms with E-state index in [2.05, 4.69) is 0 Å². The summed E-state index contributed by atoms with van der Waals surface area (Å²) in [6.07, 6.45) is 4.57. The van der Waals surface area contributed by atoms with Gasteiger partial charge in [0.1, 0.15) is 0 Å². The van der Waals surface area contributed by atoms with Crippen LogP contribution < -0.4 is 0 Å². The summed E-state index contributed by atoms with van der Waals surface area (Å²) in [5.41, 5.74) is 0. The third-order valence-electron chi connectivity index (χ3n) is 1.47. The maximum Gasteiger partial charge on any atom is 0.330 e. The van der Waals surface area contributed by atoms with E-state index in [1.165, 1.54) is 12.2 Å². The van der Waals surface area contributed by atoms with Crippen LogP contribution in [0.1, 0.15) is 19.3 Å². The van der Waals surface area contributed by atoms with E-state index in [0.717, 1.165) is 12.8 Å². The van der Waals surface area contributed by atoms with E-state index in [0.29, 0.717) is 13.0 Å². The first-order valence-corrected chi connectivity index (χ1v) is 3.67. The molecule has 1 heterocycles. The highest BCUT2D eigenvalue weighted by molar-refractivity contribution is 5.95. The Bertz CT molecular complexity index is 174. The smallest absolute Gasteiger partial charge is 0.330 e. The van der Waals surface area contributed by atoms with Crippen molar-refractivity contribution in [2.45, 2.75) is 19.3 Å². The molecule has 0 fully saturated rings. The predicted molar refractivity (Wildman–Crippen MR) is 39.0 cm³/mol. The van der Waals surface area contributed by atoms with Gasteiger partial charge < -0.3 is 4.74 Å². The Morgan fingerprint density at radius 2 is 2.00 bits per heavy atom. The molecule has 1 aliphatic rings. The quantitative estimate of drug-likeness (QED) is 0.485. The van der Waals surface area contributed by atoms with E-state index in [1.54, 1.807) is 0 Å². The summed E-state index contributed by atoms with van der Waals surface area (Å²) in [5, 5.41) is 0. The van der Waals surface area contributed by atoms with Crippen molar-refractivity contribution < 1.29 is 14.3 Å². The van der Waals surface area contributed by atoms with E-state index in [-0.39, 0.29) is 5.78 Å². The number of ketones is 1. The van der Waals surface area contributed by atoms with Gasteiger partial charge in [0.2, 0.25) is 0 Å². The van der Waals surface area contributed by atoms with Crippen LogP contribution in [0.3, 0.4) is 0 Å². The molecular formula is C8H10O3. The molecular weight excluding hydrogens is 144 g/mol. The fourth-order valence-electron chi connectivity index (χ4n) is 0.866. The Morgan fingerprint density at radius 3 is 2.82 bits per heavy atom. The number of esters is 1. The second kappa shape index (κ2) is 3.91. The minimum atomic E-state index is -0.416. The topological polar surface area (TPSA) is 43.4 Å². The van der Waals surface area contributed by atoms with Crippen molar-refractivity contribution in [1.82, 2.24) is 0 Å². The molecule has 0 unspecified atom stereocenters. The van der Waals surface area contributed by atoms with Crippen LogP contribution in [0, 0.1) is 0 Å². The zero-order valence-corrected chi connectivity index (χ0v) is 6.21. The number of hydrogen-bond acceptors (Lipinski definition) is 3. The fraction of sp³-hybridized carbons (Fsp3) is 0.500. The van der Waals surface area contributed by atoms with Crippen molar-refractivity contribution in [1.29, 1.82) is 0 Å². The average molecular weight is 154 g/mol. The van der Waals surface area contributed by atoms with Crippen molar-refractivity contribution >= 4 is 11.8 Å². The molecule has 1 rings (SSSR count). The number of rotatable bonds is 0. The lowest BCUT2D eigenvalue weighted by atomic mass is 10.2. The zero-order valence-electron chi connectivity index (χ0n) is 6.21. The van der Waals surface area contributed by atoms with Gasteiger partial charge in [-0.2, -0.15) is 0 Å². The number of ether oxygens (including phenoxy) is 1. The lowest BCUT2D eigenvalue weighted by Gasteiger charge is -1.97. The second-order valence-electron chi connectivity index (χ2n) is 2.42. The molecule has 0 aliphatic carbocycles. The van der Waals surface area contributed by atoms with Crippen molar-refractivity contribution in [3.8, 4) is 0 Å². The van der Waals surface area contributed by atoms with Gasteiger partial charge in [-0.3, -0.25) is 4.79 Å². The lowest BCUT2D eigenvalue weighted by molar-refractivity contribution is -0.137. The van der Waals surface area contributed by atoms with Crippen LogP contribution in [0.15, 0.2) is 12.2 Å². The minimum absolute atomic E-state index is 0.00356. The van der Waals surface area contributed by atoms with Crippen LogP contribution >= 0.6 is 0 Å². The molecule has 3 nitrogen and oxygen atoms in total. The number of carbonyl (C=O) groups excluding carboxylic acids is 2. The van der Waals surface area contributed by atoms with Gasteiger partial charge >= 0.3 is 5.97 Å². The van der Waals surface area contributed by atoms with E-state index in [1.807, 2.05) is 0 Å². The molecule has 0 saturated carbocycles. The molecule has 0 amide bonds. The van der Waals surface area contributed by atoms with Crippen LogP contribution in [0.4, 0.5) is 0 Å². The molecule has 0 aromatic heterocycles. The molecule has 0 N–H and O–H groups in total. The number of carbonyl (C=O) groups is 2. The summed E-state index contributed by atoms with van der Waals surface area (Å²) in [7, 11) is 0. The molecule has 11 heavy (non-hydrogen) atoms. The summed E-state index contributed by atoms with van der Waals surface area (Å²) >= 11 is 0. The summed E-state index contributed by atoms with van der Waals surface area (Å²) in [5.74, 6) is -0.413. The first-order chi connectivity index (χ1) is 5.29. The highest BCUT2D eigenvalue weighted by atomic mass is 16.5. The van der Waals surface area contributed by atoms with Gasteiger partial charge in [0, 0.05) is 12.5 Å². The van der Waals surface area contributed by atoms with Crippen molar-refractivity contribution in [2.24, 2.45) is 0 Å².